The van der Waals surface area contributed by atoms with Crippen molar-refractivity contribution < 1.29 is 9.47 Å². The van der Waals surface area contributed by atoms with Crippen molar-refractivity contribution in [1.29, 1.82) is 0 Å². The van der Waals surface area contributed by atoms with Gasteiger partial charge in [-0.25, -0.2) is 5.43 Å². The van der Waals surface area contributed by atoms with Gasteiger partial charge in [-0.15, -0.1) is 10.2 Å². The topological polar surface area (TPSA) is 101 Å². The molecule has 0 amide bonds. The van der Waals surface area contributed by atoms with E-state index in [1.807, 2.05) is 24.3 Å². The Hall–Kier alpha value is -3.68. The van der Waals surface area contributed by atoms with Crippen LogP contribution in [0.15, 0.2) is 58.4 Å². The number of hydrogen-bond acceptors (Lipinski definition) is 7. The van der Waals surface area contributed by atoms with Crippen molar-refractivity contribution >= 4 is 12.2 Å². The molecule has 8 nitrogen and oxygen atoms in total. The van der Waals surface area contributed by atoms with Gasteiger partial charge in [-0.3, -0.25) is 9.78 Å². The maximum absolute atomic E-state index is 12.1. The molecule has 124 valence electrons. The first-order valence-electron chi connectivity index (χ1n) is 7.51. The standard InChI is InChI=1S/C17H13N5O3/c23-16-15(12-4-2-1-3-5-12)20-22-17(19-16)21-18-9-11-6-7-13-14(8-11)25-10-24-13/h1-9H,10H2,(H2,19,21,22,23)/b18-9-. The molecule has 25 heavy (non-hydrogen) atoms. The number of rotatable bonds is 4. The van der Waals surface area contributed by atoms with Gasteiger partial charge in [0.1, 0.15) is 0 Å². The first-order valence-corrected chi connectivity index (χ1v) is 7.51. The molecule has 2 aromatic carbocycles. The van der Waals surface area contributed by atoms with Crippen LogP contribution in [-0.4, -0.2) is 28.2 Å². The minimum atomic E-state index is -0.345. The summed E-state index contributed by atoms with van der Waals surface area (Å²) in [6, 6.07) is 14.6. The molecular weight excluding hydrogens is 322 g/mol. The Balaban J connectivity index is 1.48. The van der Waals surface area contributed by atoms with Crippen LogP contribution in [0, 0.1) is 0 Å². The monoisotopic (exact) mass is 335 g/mol. The molecule has 2 heterocycles. The average molecular weight is 335 g/mol. The van der Waals surface area contributed by atoms with E-state index in [0.717, 1.165) is 5.56 Å². The zero-order chi connectivity index (χ0) is 17.1. The van der Waals surface area contributed by atoms with Gasteiger partial charge in [0.05, 0.1) is 6.21 Å². The molecule has 4 rings (SSSR count). The zero-order valence-electron chi connectivity index (χ0n) is 13.0. The fraction of sp³-hybridized carbons (Fsp3) is 0.0588. The third kappa shape index (κ3) is 3.18. The number of nitrogens with zero attached hydrogens (tertiary/aromatic N) is 3. The number of benzene rings is 2. The highest BCUT2D eigenvalue weighted by atomic mass is 16.7. The lowest BCUT2D eigenvalue weighted by Gasteiger charge is -2.01. The Morgan fingerprint density at radius 1 is 1.08 bits per heavy atom. The van der Waals surface area contributed by atoms with Crippen LogP contribution in [0.3, 0.4) is 0 Å². The molecule has 0 bridgehead atoms. The van der Waals surface area contributed by atoms with Gasteiger partial charge in [0.25, 0.3) is 5.56 Å². The number of anilines is 1. The Labute approximate surface area is 142 Å². The highest BCUT2D eigenvalue weighted by Crippen LogP contribution is 2.31. The lowest BCUT2D eigenvalue weighted by Crippen LogP contribution is -2.15. The number of hydrazone groups is 1. The molecule has 0 spiro atoms. The van der Waals surface area contributed by atoms with Gasteiger partial charge in [0, 0.05) is 5.56 Å². The van der Waals surface area contributed by atoms with Crippen LogP contribution in [-0.2, 0) is 0 Å². The summed E-state index contributed by atoms with van der Waals surface area (Å²) in [6.07, 6.45) is 1.58. The van der Waals surface area contributed by atoms with E-state index in [1.165, 1.54) is 0 Å². The summed E-state index contributed by atoms with van der Waals surface area (Å²) in [5.41, 5.74) is 4.07. The minimum Gasteiger partial charge on any atom is -0.454 e. The second kappa shape index (κ2) is 6.44. The number of aromatic amines is 1. The van der Waals surface area contributed by atoms with Gasteiger partial charge >= 0.3 is 0 Å². The second-order valence-corrected chi connectivity index (χ2v) is 5.20. The fourth-order valence-corrected chi connectivity index (χ4v) is 2.33. The van der Waals surface area contributed by atoms with Crippen LogP contribution >= 0.6 is 0 Å². The van der Waals surface area contributed by atoms with Crippen molar-refractivity contribution in [1.82, 2.24) is 15.2 Å². The predicted molar refractivity (Wildman–Crippen MR) is 91.9 cm³/mol. The van der Waals surface area contributed by atoms with E-state index in [0.29, 0.717) is 17.1 Å². The van der Waals surface area contributed by atoms with Crippen LogP contribution < -0.4 is 20.5 Å². The van der Waals surface area contributed by atoms with E-state index in [1.54, 1.807) is 30.5 Å². The molecule has 2 N–H and O–H groups in total. The largest absolute Gasteiger partial charge is 0.454 e. The molecule has 0 aliphatic carbocycles. The summed E-state index contributed by atoms with van der Waals surface area (Å²) in [6.45, 7) is 0.221. The number of aromatic nitrogens is 3. The third-order valence-corrected chi connectivity index (χ3v) is 3.52. The van der Waals surface area contributed by atoms with Gasteiger partial charge in [0.2, 0.25) is 12.7 Å². The summed E-state index contributed by atoms with van der Waals surface area (Å²) >= 11 is 0. The Morgan fingerprint density at radius 2 is 1.92 bits per heavy atom. The van der Waals surface area contributed by atoms with Crippen molar-refractivity contribution in [2.45, 2.75) is 0 Å². The van der Waals surface area contributed by atoms with Crippen LogP contribution in [0.25, 0.3) is 11.3 Å². The van der Waals surface area contributed by atoms with Gasteiger partial charge < -0.3 is 9.47 Å². The summed E-state index contributed by atoms with van der Waals surface area (Å²) in [5, 5.41) is 11.9. The molecule has 0 unspecified atom stereocenters. The van der Waals surface area contributed by atoms with Crippen molar-refractivity contribution in [2.75, 3.05) is 12.2 Å². The molecule has 3 aromatic rings. The fourth-order valence-electron chi connectivity index (χ4n) is 2.33. The lowest BCUT2D eigenvalue weighted by atomic mass is 10.2. The third-order valence-electron chi connectivity index (χ3n) is 3.52. The smallest absolute Gasteiger partial charge is 0.279 e. The highest BCUT2D eigenvalue weighted by molar-refractivity contribution is 5.81. The van der Waals surface area contributed by atoms with Crippen LogP contribution in [0.5, 0.6) is 11.5 Å². The molecule has 8 heteroatoms. The normalized spacial score (nSPS) is 12.5. The van der Waals surface area contributed by atoms with Crippen molar-refractivity contribution in [3.63, 3.8) is 0 Å². The molecular formula is C17H13N5O3. The molecule has 1 aliphatic heterocycles. The quantitative estimate of drug-likeness (QED) is 0.559. The molecule has 0 saturated carbocycles. The van der Waals surface area contributed by atoms with Gasteiger partial charge in [0.15, 0.2) is 17.2 Å². The number of H-pyrrole nitrogens is 1. The molecule has 0 radical (unpaired) electrons. The number of fused-ring (bicyclic) bond motifs is 1. The number of nitrogens with one attached hydrogen (secondary N) is 2. The molecule has 0 fully saturated rings. The van der Waals surface area contributed by atoms with E-state index in [2.05, 4.69) is 25.7 Å². The van der Waals surface area contributed by atoms with E-state index in [4.69, 9.17) is 9.47 Å². The van der Waals surface area contributed by atoms with E-state index in [-0.39, 0.29) is 24.0 Å². The van der Waals surface area contributed by atoms with Crippen molar-refractivity contribution in [3.8, 4) is 22.8 Å². The highest BCUT2D eigenvalue weighted by Gasteiger charge is 2.12. The average Bonchev–Trinajstić information content (AvgIpc) is 3.10. The second-order valence-electron chi connectivity index (χ2n) is 5.20. The van der Waals surface area contributed by atoms with Gasteiger partial charge in [-0.1, -0.05) is 30.3 Å². The zero-order valence-corrected chi connectivity index (χ0v) is 13.0. The predicted octanol–water partition coefficient (Wildman–Crippen LogP) is 2.01. The molecule has 1 aliphatic rings. The Morgan fingerprint density at radius 3 is 2.76 bits per heavy atom. The van der Waals surface area contributed by atoms with Gasteiger partial charge in [-0.2, -0.15) is 5.10 Å². The number of ether oxygens (including phenoxy) is 2. The summed E-state index contributed by atoms with van der Waals surface area (Å²) < 4.78 is 10.5. The van der Waals surface area contributed by atoms with Crippen LogP contribution in [0.4, 0.5) is 5.95 Å². The maximum Gasteiger partial charge on any atom is 0.279 e. The lowest BCUT2D eigenvalue weighted by molar-refractivity contribution is 0.174. The first kappa shape index (κ1) is 14.9. The van der Waals surface area contributed by atoms with Gasteiger partial charge in [-0.05, 0) is 23.8 Å². The van der Waals surface area contributed by atoms with E-state index in [9.17, 15) is 4.79 Å². The van der Waals surface area contributed by atoms with Crippen LogP contribution in [0.2, 0.25) is 0 Å². The van der Waals surface area contributed by atoms with Crippen LogP contribution in [0.1, 0.15) is 5.56 Å². The Bertz CT molecular complexity index is 985. The number of hydrogen-bond donors (Lipinski definition) is 2. The Kier molecular flexibility index (Phi) is 3.83. The summed E-state index contributed by atoms with van der Waals surface area (Å²) in [5.74, 6) is 1.53. The summed E-state index contributed by atoms with van der Waals surface area (Å²) in [7, 11) is 0. The maximum atomic E-state index is 12.1. The minimum absolute atomic E-state index is 0.154. The molecule has 1 aromatic heterocycles. The van der Waals surface area contributed by atoms with E-state index < -0.39 is 0 Å². The summed E-state index contributed by atoms with van der Waals surface area (Å²) in [4.78, 5) is 14.7. The first-order chi connectivity index (χ1) is 12.3. The molecule has 0 saturated heterocycles. The van der Waals surface area contributed by atoms with Crippen molar-refractivity contribution in [3.05, 3.63) is 64.4 Å². The SMILES string of the molecule is O=c1[nH]c(N/N=C\c2ccc3c(c2)OCO3)nnc1-c1ccccc1. The van der Waals surface area contributed by atoms with E-state index >= 15 is 0 Å². The van der Waals surface area contributed by atoms with Crippen molar-refractivity contribution in [2.24, 2.45) is 5.10 Å². The molecule has 0 atom stereocenters.